The molecule has 0 spiro atoms. The van der Waals surface area contributed by atoms with Gasteiger partial charge in [0.1, 0.15) is 5.82 Å². The molecule has 21 heavy (non-hydrogen) atoms. The van der Waals surface area contributed by atoms with E-state index in [4.69, 9.17) is 4.74 Å². The smallest absolute Gasteiger partial charge is 0.257 e. The fourth-order valence-corrected chi connectivity index (χ4v) is 2.73. The minimum Gasteiger partial charge on any atom is -0.381 e. The van der Waals surface area contributed by atoms with Crippen LogP contribution in [0.3, 0.4) is 0 Å². The molecule has 1 aromatic heterocycles. The summed E-state index contributed by atoms with van der Waals surface area (Å²) in [6.45, 7) is 5.27. The van der Waals surface area contributed by atoms with Crippen molar-refractivity contribution in [3.05, 3.63) is 23.8 Å². The molecule has 1 saturated carbocycles. The predicted molar refractivity (Wildman–Crippen MR) is 79.1 cm³/mol. The van der Waals surface area contributed by atoms with Crippen molar-refractivity contribution in [2.75, 3.05) is 26.3 Å². The highest BCUT2D eigenvalue weighted by atomic mass is 16.5. The van der Waals surface area contributed by atoms with Crippen LogP contribution in [-0.2, 0) is 4.74 Å². The van der Waals surface area contributed by atoms with Crippen molar-refractivity contribution in [1.82, 2.24) is 14.9 Å². The van der Waals surface area contributed by atoms with Crippen molar-refractivity contribution in [2.24, 2.45) is 5.92 Å². The third-order valence-electron chi connectivity index (χ3n) is 4.14. The Morgan fingerprint density at radius 1 is 1.33 bits per heavy atom. The topological polar surface area (TPSA) is 55.3 Å². The Hall–Kier alpha value is -1.49. The maximum Gasteiger partial charge on any atom is 0.257 e. The zero-order chi connectivity index (χ0) is 14.7. The highest BCUT2D eigenvalue weighted by molar-refractivity contribution is 5.93. The lowest BCUT2D eigenvalue weighted by atomic mass is 10.1. The number of amides is 1. The number of aromatic nitrogens is 2. The van der Waals surface area contributed by atoms with Gasteiger partial charge in [0, 0.05) is 43.9 Å². The number of hydrogen-bond acceptors (Lipinski definition) is 4. The van der Waals surface area contributed by atoms with E-state index in [0.717, 1.165) is 45.0 Å². The van der Waals surface area contributed by atoms with Crippen LogP contribution in [0, 0.1) is 5.92 Å². The second-order valence-corrected chi connectivity index (χ2v) is 6.08. The molecule has 0 aromatic carbocycles. The highest BCUT2D eigenvalue weighted by Crippen LogP contribution is 2.37. The molecule has 1 atom stereocenters. The molecule has 2 aliphatic rings. The molecule has 1 amide bonds. The van der Waals surface area contributed by atoms with Gasteiger partial charge < -0.3 is 9.64 Å². The summed E-state index contributed by atoms with van der Waals surface area (Å²) >= 11 is 0. The van der Waals surface area contributed by atoms with Crippen LogP contribution in [0.5, 0.6) is 0 Å². The lowest BCUT2D eigenvalue weighted by Crippen LogP contribution is -2.29. The second kappa shape index (κ2) is 6.52. The van der Waals surface area contributed by atoms with Crippen LogP contribution in [0.1, 0.15) is 54.7 Å². The van der Waals surface area contributed by atoms with Gasteiger partial charge in [0.05, 0.1) is 12.2 Å². The molecule has 5 heteroatoms. The average Bonchev–Trinajstić information content (AvgIpc) is 3.26. The van der Waals surface area contributed by atoms with Gasteiger partial charge in [-0.05, 0) is 25.7 Å². The number of hydrogen-bond donors (Lipinski definition) is 0. The molecule has 1 aliphatic carbocycles. The second-order valence-electron chi connectivity index (χ2n) is 6.08. The minimum absolute atomic E-state index is 0.0512. The number of carbonyl (C=O) groups excluding carboxylic acids is 1. The van der Waals surface area contributed by atoms with Gasteiger partial charge in [-0.3, -0.25) is 4.79 Å². The molecule has 3 rings (SSSR count). The Morgan fingerprint density at radius 3 is 2.76 bits per heavy atom. The number of likely N-dealkylation sites (tertiary alicyclic amines) is 1. The molecule has 1 saturated heterocycles. The van der Waals surface area contributed by atoms with Crippen molar-refractivity contribution in [2.45, 2.75) is 38.5 Å². The Bertz CT molecular complexity index is 485. The summed E-state index contributed by atoms with van der Waals surface area (Å²) in [5, 5.41) is 0. The molecule has 0 N–H and O–H groups in total. The van der Waals surface area contributed by atoms with Crippen molar-refractivity contribution in [1.29, 1.82) is 0 Å². The first-order valence-corrected chi connectivity index (χ1v) is 7.97. The van der Waals surface area contributed by atoms with Crippen molar-refractivity contribution in [3.8, 4) is 0 Å². The summed E-state index contributed by atoms with van der Waals surface area (Å²) in [5.41, 5.74) is 0.606. The van der Waals surface area contributed by atoms with E-state index in [1.165, 1.54) is 12.8 Å². The van der Waals surface area contributed by atoms with Gasteiger partial charge in [-0.1, -0.05) is 6.92 Å². The van der Waals surface area contributed by atoms with Crippen molar-refractivity contribution in [3.63, 3.8) is 0 Å². The summed E-state index contributed by atoms with van der Waals surface area (Å²) < 4.78 is 5.59. The average molecular weight is 289 g/mol. The van der Waals surface area contributed by atoms with Crippen molar-refractivity contribution >= 4 is 5.91 Å². The van der Waals surface area contributed by atoms with E-state index in [0.29, 0.717) is 17.4 Å². The summed E-state index contributed by atoms with van der Waals surface area (Å²) in [7, 11) is 0. The molecule has 2 heterocycles. The minimum atomic E-state index is 0.0512. The van der Waals surface area contributed by atoms with Gasteiger partial charge in [0.25, 0.3) is 5.91 Å². The van der Waals surface area contributed by atoms with Crippen LogP contribution < -0.4 is 0 Å². The monoisotopic (exact) mass is 289 g/mol. The first-order chi connectivity index (χ1) is 10.3. The largest absolute Gasteiger partial charge is 0.381 e. The van der Waals surface area contributed by atoms with Gasteiger partial charge in [-0.25, -0.2) is 9.97 Å². The van der Waals surface area contributed by atoms with Crippen LogP contribution in [0.25, 0.3) is 0 Å². The zero-order valence-corrected chi connectivity index (χ0v) is 12.6. The zero-order valence-electron chi connectivity index (χ0n) is 12.6. The lowest BCUT2D eigenvalue weighted by Gasteiger charge is -2.16. The molecule has 0 radical (unpaired) electrons. The Labute approximate surface area is 125 Å². The Kier molecular flexibility index (Phi) is 4.48. The number of carbonyl (C=O) groups is 1. The molecule has 0 unspecified atom stereocenters. The number of nitrogens with zero attached hydrogens (tertiary/aromatic N) is 3. The van der Waals surface area contributed by atoms with Gasteiger partial charge in [-0.2, -0.15) is 0 Å². The van der Waals surface area contributed by atoms with E-state index in [1.54, 1.807) is 12.4 Å². The third-order valence-corrected chi connectivity index (χ3v) is 4.14. The van der Waals surface area contributed by atoms with E-state index >= 15 is 0 Å². The fourth-order valence-electron chi connectivity index (χ4n) is 2.73. The maximum absolute atomic E-state index is 12.4. The van der Waals surface area contributed by atoms with Crippen LogP contribution in [0.15, 0.2) is 12.4 Å². The van der Waals surface area contributed by atoms with E-state index in [2.05, 4.69) is 16.9 Å². The molecule has 1 aromatic rings. The first kappa shape index (κ1) is 14.4. The summed E-state index contributed by atoms with van der Waals surface area (Å²) in [6.07, 6.45) is 7.79. The van der Waals surface area contributed by atoms with Crippen LogP contribution >= 0.6 is 0 Å². The normalized spacial score (nSPS) is 21.8. The molecular weight excluding hydrogens is 266 g/mol. The molecular formula is C16H23N3O2. The molecule has 5 nitrogen and oxygen atoms in total. The van der Waals surface area contributed by atoms with Gasteiger partial charge in [0.15, 0.2) is 0 Å². The number of rotatable bonds is 6. The first-order valence-electron chi connectivity index (χ1n) is 7.97. The van der Waals surface area contributed by atoms with Gasteiger partial charge in [0.2, 0.25) is 0 Å². The van der Waals surface area contributed by atoms with Crippen molar-refractivity contribution < 1.29 is 9.53 Å². The number of ether oxygens (including phenoxy) is 1. The molecule has 114 valence electrons. The van der Waals surface area contributed by atoms with E-state index < -0.39 is 0 Å². The molecule has 2 fully saturated rings. The molecule has 0 bridgehead atoms. The fraction of sp³-hybridized carbons (Fsp3) is 0.688. The Morgan fingerprint density at radius 2 is 2.10 bits per heavy atom. The van der Waals surface area contributed by atoms with Gasteiger partial charge >= 0.3 is 0 Å². The predicted octanol–water partition coefficient (Wildman–Crippen LogP) is 2.24. The lowest BCUT2D eigenvalue weighted by molar-refractivity contribution is 0.0753. The maximum atomic E-state index is 12.4. The SMILES string of the molecule is CCCOC[C@H]1CCN(C(=O)c2cnc(C3CC3)nc2)C1. The highest BCUT2D eigenvalue weighted by Gasteiger charge is 2.29. The standard InChI is InChI=1S/C16H23N3O2/c1-2-7-21-11-12-5-6-19(10-12)16(20)14-8-17-15(18-9-14)13-3-4-13/h8-9,12-13H,2-7,10-11H2,1H3/t12-/m0/s1. The summed E-state index contributed by atoms with van der Waals surface area (Å²) in [5.74, 6) is 1.93. The van der Waals surface area contributed by atoms with E-state index in [9.17, 15) is 4.79 Å². The van der Waals surface area contributed by atoms with Crippen LogP contribution in [0.4, 0.5) is 0 Å². The van der Waals surface area contributed by atoms with Crippen LogP contribution in [-0.4, -0.2) is 47.1 Å². The summed E-state index contributed by atoms with van der Waals surface area (Å²) in [4.78, 5) is 23.0. The Balaban J connectivity index is 1.53. The van der Waals surface area contributed by atoms with Crippen LogP contribution in [0.2, 0.25) is 0 Å². The quantitative estimate of drug-likeness (QED) is 0.754. The van der Waals surface area contributed by atoms with E-state index in [1.807, 2.05) is 4.90 Å². The van der Waals surface area contributed by atoms with E-state index in [-0.39, 0.29) is 5.91 Å². The summed E-state index contributed by atoms with van der Waals surface area (Å²) in [6, 6.07) is 0. The van der Waals surface area contributed by atoms with Gasteiger partial charge in [-0.15, -0.1) is 0 Å². The molecule has 1 aliphatic heterocycles. The third kappa shape index (κ3) is 3.59.